The highest BCUT2D eigenvalue weighted by atomic mass is 16.4. The number of anilines is 1. The summed E-state index contributed by atoms with van der Waals surface area (Å²) in [5, 5.41) is 9.13. The zero-order chi connectivity index (χ0) is 11.7. The molecule has 0 atom stereocenters. The number of hydrogen-bond acceptors (Lipinski definition) is 3. The number of benzene rings is 1. The lowest BCUT2D eigenvalue weighted by atomic mass is 9.87. The lowest BCUT2D eigenvalue weighted by Gasteiger charge is -2.05. The van der Waals surface area contributed by atoms with E-state index in [2.05, 4.69) is 15.5 Å². The second kappa shape index (κ2) is 4.06. The Bertz CT molecular complexity index is 554. The van der Waals surface area contributed by atoms with E-state index in [1.165, 1.54) is 6.20 Å². The smallest absolute Gasteiger partial charge is 0.330 e. The fraction of sp³-hybridized carbons (Fsp3) is 0.0909. The molecular weight excluding hydrogens is 217 g/mol. The molecule has 1 aliphatic rings. The van der Waals surface area contributed by atoms with Gasteiger partial charge < -0.3 is 9.97 Å². The molecule has 5 nitrogen and oxygen atoms in total. The monoisotopic (exact) mass is 226 g/mol. The van der Waals surface area contributed by atoms with Crippen LogP contribution in [0.2, 0.25) is 0 Å². The second-order valence-corrected chi connectivity index (χ2v) is 3.78. The molecule has 0 bridgehead atoms. The van der Waals surface area contributed by atoms with E-state index < -0.39 is 0 Å². The molecule has 3 rings (SSSR count). The molecule has 2 heterocycles. The van der Waals surface area contributed by atoms with Crippen molar-refractivity contribution in [1.82, 2.24) is 10.2 Å². The predicted molar refractivity (Wildman–Crippen MR) is 63.2 cm³/mol. The molecule has 0 fully saturated rings. The number of aromatic nitrogens is 2. The highest BCUT2D eigenvalue weighted by Crippen LogP contribution is 2.12. The maximum atomic E-state index is 11.8. The number of H-pyrrole nitrogens is 1. The van der Waals surface area contributed by atoms with Gasteiger partial charge in [-0.1, -0.05) is 6.07 Å². The van der Waals surface area contributed by atoms with Crippen LogP contribution >= 0.6 is 0 Å². The van der Waals surface area contributed by atoms with Crippen LogP contribution in [0.25, 0.3) is 0 Å². The first-order chi connectivity index (χ1) is 8.33. The summed E-state index contributed by atoms with van der Waals surface area (Å²) in [4.78, 5) is 11.8. The van der Waals surface area contributed by atoms with Crippen molar-refractivity contribution in [3.05, 3.63) is 41.7 Å². The van der Waals surface area contributed by atoms with Crippen molar-refractivity contribution in [2.45, 2.75) is 6.61 Å². The number of hydrogen-bond donors (Lipinski definition) is 2. The number of fused-ring (bicyclic) bond motifs is 1. The van der Waals surface area contributed by atoms with E-state index in [4.69, 9.17) is 4.65 Å². The topological polar surface area (TPSA) is 67.0 Å². The van der Waals surface area contributed by atoms with Crippen LogP contribution in [0.5, 0.6) is 0 Å². The molecular formula is C11H9BN3O2. The third-order valence-electron chi connectivity index (χ3n) is 2.61. The first-order valence-corrected chi connectivity index (χ1v) is 5.21. The third-order valence-corrected chi connectivity index (χ3v) is 2.61. The average Bonchev–Trinajstić information content (AvgIpc) is 2.99. The summed E-state index contributed by atoms with van der Waals surface area (Å²) >= 11 is 0. The van der Waals surface area contributed by atoms with Crippen LogP contribution in [0.3, 0.4) is 0 Å². The number of rotatable bonds is 2. The molecule has 0 unspecified atom stereocenters. The minimum Gasteiger partial charge on any atom is -0.430 e. The van der Waals surface area contributed by atoms with Crippen LogP contribution in [0, 0.1) is 0 Å². The number of carbonyl (C=O) groups excluding carboxylic acids is 1. The Morgan fingerprint density at radius 1 is 1.53 bits per heavy atom. The van der Waals surface area contributed by atoms with Crippen molar-refractivity contribution >= 4 is 24.5 Å². The van der Waals surface area contributed by atoms with Crippen LogP contribution in [0.1, 0.15) is 15.9 Å². The summed E-state index contributed by atoms with van der Waals surface area (Å²) in [5.41, 5.74) is 3.39. The molecule has 0 spiro atoms. The van der Waals surface area contributed by atoms with Gasteiger partial charge in [-0.25, -0.2) is 0 Å². The lowest BCUT2D eigenvalue weighted by molar-refractivity contribution is 0.102. The van der Waals surface area contributed by atoms with Gasteiger partial charge >= 0.3 is 7.48 Å². The van der Waals surface area contributed by atoms with Gasteiger partial charge in [0.25, 0.3) is 5.91 Å². The predicted octanol–water partition coefficient (Wildman–Crippen LogP) is 0.437. The molecule has 17 heavy (non-hydrogen) atoms. The van der Waals surface area contributed by atoms with Gasteiger partial charge in [0.05, 0.1) is 18.4 Å². The van der Waals surface area contributed by atoms with Gasteiger partial charge in [-0.3, -0.25) is 9.89 Å². The van der Waals surface area contributed by atoms with Gasteiger partial charge in [0.15, 0.2) is 0 Å². The molecule has 0 saturated heterocycles. The van der Waals surface area contributed by atoms with Crippen molar-refractivity contribution in [3.8, 4) is 0 Å². The Kier molecular flexibility index (Phi) is 2.42. The first-order valence-electron chi connectivity index (χ1n) is 5.21. The van der Waals surface area contributed by atoms with Gasteiger partial charge in [0.1, 0.15) is 0 Å². The van der Waals surface area contributed by atoms with Crippen LogP contribution in [0.4, 0.5) is 5.69 Å². The molecule has 1 aliphatic heterocycles. The van der Waals surface area contributed by atoms with Gasteiger partial charge in [-0.2, -0.15) is 5.10 Å². The SMILES string of the molecule is O=C(Nc1ccc2c(c1)[B]OC2)c1cn[nH]c1. The van der Waals surface area contributed by atoms with Gasteiger partial charge in [0, 0.05) is 11.9 Å². The first kappa shape index (κ1) is 10.1. The molecule has 1 radical (unpaired) electrons. The summed E-state index contributed by atoms with van der Waals surface area (Å²) in [7, 11) is 1.70. The minimum atomic E-state index is -0.183. The highest BCUT2D eigenvalue weighted by Gasteiger charge is 2.14. The van der Waals surface area contributed by atoms with Crippen LogP contribution in [-0.4, -0.2) is 23.6 Å². The highest BCUT2D eigenvalue weighted by molar-refractivity contribution is 6.49. The summed E-state index contributed by atoms with van der Waals surface area (Å²) in [5.74, 6) is -0.183. The Morgan fingerprint density at radius 2 is 2.47 bits per heavy atom. The number of nitrogens with zero attached hydrogens (tertiary/aromatic N) is 1. The molecule has 1 aromatic carbocycles. The van der Waals surface area contributed by atoms with Gasteiger partial charge in [-0.15, -0.1) is 0 Å². The minimum absolute atomic E-state index is 0.183. The summed E-state index contributed by atoms with van der Waals surface area (Å²) in [6, 6.07) is 5.70. The van der Waals surface area contributed by atoms with Gasteiger partial charge in [-0.05, 0) is 23.2 Å². The third kappa shape index (κ3) is 1.94. The molecule has 0 saturated carbocycles. The van der Waals surface area contributed by atoms with Crippen LogP contribution in [-0.2, 0) is 11.3 Å². The van der Waals surface area contributed by atoms with E-state index in [1.54, 1.807) is 13.7 Å². The molecule has 6 heteroatoms. The van der Waals surface area contributed by atoms with E-state index >= 15 is 0 Å². The molecule has 1 amide bonds. The largest absolute Gasteiger partial charge is 0.430 e. The Labute approximate surface area is 98.5 Å². The zero-order valence-corrected chi connectivity index (χ0v) is 8.93. The molecule has 2 N–H and O–H groups in total. The number of amides is 1. The van der Waals surface area contributed by atoms with Crippen molar-refractivity contribution in [2.24, 2.45) is 0 Å². The summed E-state index contributed by atoms with van der Waals surface area (Å²) in [6.07, 6.45) is 3.04. The van der Waals surface area contributed by atoms with Crippen molar-refractivity contribution in [2.75, 3.05) is 5.32 Å². The van der Waals surface area contributed by atoms with Crippen molar-refractivity contribution in [3.63, 3.8) is 0 Å². The maximum Gasteiger partial charge on any atom is 0.330 e. The fourth-order valence-electron chi connectivity index (χ4n) is 1.71. The standard InChI is InChI=1S/C11H9BN3O2/c16-11(8-4-13-14-5-8)15-9-2-1-7-6-17-12-10(7)3-9/h1-5H,6H2,(H,13,14)(H,15,16). The van der Waals surface area contributed by atoms with E-state index in [0.717, 1.165) is 16.7 Å². The maximum absolute atomic E-state index is 11.8. The second-order valence-electron chi connectivity index (χ2n) is 3.78. The molecule has 1 aromatic heterocycles. The zero-order valence-electron chi connectivity index (χ0n) is 8.93. The van der Waals surface area contributed by atoms with Crippen molar-refractivity contribution < 1.29 is 9.45 Å². The van der Waals surface area contributed by atoms with Crippen molar-refractivity contribution in [1.29, 1.82) is 0 Å². The van der Waals surface area contributed by atoms with E-state index in [-0.39, 0.29) is 5.91 Å². The summed E-state index contributed by atoms with van der Waals surface area (Å²) in [6.45, 7) is 0.602. The number of nitrogens with one attached hydrogen (secondary N) is 2. The number of carbonyl (C=O) groups is 1. The quantitative estimate of drug-likeness (QED) is 0.730. The van der Waals surface area contributed by atoms with E-state index in [0.29, 0.717) is 12.2 Å². The average molecular weight is 226 g/mol. The fourth-order valence-corrected chi connectivity index (χ4v) is 1.71. The normalized spacial score (nSPS) is 12.9. The Hall–Kier alpha value is -2.08. The van der Waals surface area contributed by atoms with Gasteiger partial charge in [0.2, 0.25) is 0 Å². The van der Waals surface area contributed by atoms with E-state index in [9.17, 15) is 4.79 Å². The Morgan fingerprint density at radius 3 is 3.29 bits per heavy atom. The number of aromatic amines is 1. The molecule has 83 valence electrons. The van der Waals surface area contributed by atoms with Crippen LogP contribution in [0.15, 0.2) is 30.6 Å². The molecule has 2 aromatic rings. The Balaban J connectivity index is 1.80. The lowest BCUT2D eigenvalue weighted by Crippen LogP contribution is -2.16. The van der Waals surface area contributed by atoms with Crippen LogP contribution < -0.4 is 10.8 Å². The van der Waals surface area contributed by atoms with E-state index in [1.807, 2.05) is 18.2 Å². The summed E-state index contributed by atoms with van der Waals surface area (Å²) < 4.78 is 5.19. The molecule has 0 aliphatic carbocycles.